The first-order chi connectivity index (χ1) is 13.6. The van der Waals surface area contributed by atoms with Gasteiger partial charge >= 0.3 is 6.61 Å². The number of anilines is 1. The maximum atomic E-state index is 12.9. The van der Waals surface area contributed by atoms with Gasteiger partial charge in [0, 0.05) is 13.1 Å². The lowest BCUT2D eigenvalue weighted by Gasteiger charge is -2.08. The highest BCUT2D eigenvalue weighted by Crippen LogP contribution is 2.31. The zero-order valence-electron chi connectivity index (χ0n) is 15.5. The summed E-state index contributed by atoms with van der Waals surface area (Å²) < 4.78 is 30.7. The second-order valence-corrected chi connectivity index (χ2v) is 7.33. The Bertz CT molecular complexity index is 937. The van der Waals surface area contributed by atoms with Gasteiger partial charge in [-0.15, -0.1) is 0 Å². The molecule has 28 heavy (non-hydrogen) atoms. The van der Waals surface area contributed by atoms with Gasteiger partial charge in [-0.3, -0.25) is 8.75 Å². The Morgan fingerprint density at radius 1 is 1.11 bits per heavy atom. The van der Waals surface area contributed by atoms with Crippen LogP contribution in [0.5, 0.6) is 5.75 Å². The van der Waals surface area contributed by atoms with Crippen molar-refractivity contribution in [2.75, 3.05) is 5.32 Å². The highest BCUT2D eigenvalue weighted by molar-refractivity contribution is 7.10. The normalized spacial score (nSPS) is 11.0. The number of hydrogen-bond acceptors (Lipinski definition) is 4. The number of rotatable bonds is 9. The Kier molecular flexibility index (Phi) is 6.81. The molecule has 0 bridgehead atoms. The third-order valence-corrected chi connectivity index (χ3v) is 5.43. The fourth-order valence-corrected chi connectivity index (χ4v) is 3.90. The highest BCUT2D eigenvalue weighted by atomic mass is 32.1. The van der Waals surface area contributed by atoms with Gasteiger partial charge < -0.3 is 10.1 Å². The zero-order chi connectivity index (χ0) is 19.9. The van der Waals surface area contributed by atoms with Gasteiger partial charge in [0.1, 0.15) is 11.4 Å². The first-order valence-electron chi connectivity index (χ1n) is 9.15. The van der Waals surface area contributed by atoms with Gasteiger partial charge in [0.25, 0.3) is 5.56 Å². The van der Waals surface area contributed by atoms with Crippen molar-refractivity contribution >= 4 is 17.2 Å². The molecule has 7 heteroatoms. The van der Waals surface area contributed by atoms with Gasteiger partial charge in [-0.2, -0.15) is 8.78 Å². The standard InChI is InChI=1S/C21H22F2N2O2S/c1-2-3-13-25-20(26)18(19(28-25)16-7-5-4-6-8-16)24-14-15-9-11-17(12-10-15)27-21(22)23/h4-12,21,24H,2-3,13-14H2,1H3. The Balaban J connectivity index is 1.82. The molecule has 1 aromatic heterocycles. The third kappa shape index (κ3) is 4.98. The van der Waals surface area contributed by atoms with E-state index in [1.807, 2.05) is 30.3 Å². The number of aryl methyl sites for hydroxylation is 1. The van der Waals surface area contributed by atoms with Gasteiger partial charge in [-0.1, -0.05) is 67.3 Å². The molecule has 2 aromatic carbocycles. The minimum atomic E-state index is -2.84. The number of nitrogens with one attached hydrogen (secondary N) is 1. The van der Waals surface area contributed by atoms with Crippen LogP contribution >= 0.6 is 11.5 Å². The molecule has 0 saturated carbocycles. The molecule has 0 unspecified atom stereocenters. The van der Waals surface area contributed by atoms with E-state index in [-0.39, 0.29) is 11.3 Å². The fourth-order valence-electron chi connectivity index (χ4n) is 2.79. The predicted octanol–water partition coefficient (Wildman–Crippen LogP) is 5.59. The van der Waals surface area contributed by atoms with Gasteiger partial charge in [-0.05, 0) is 29.7 Å². The van der Waals surface area contributed by atoms with Gasteiger partial charge in [0.15, 0.2) is 0 Å². The summed E-state index contributed by atoms with van der Waals surface area (Å²) in [6.07, 6.45) is 1.96. The Hall–Kier alpha value is -2.67. The summed E-state index contributed by atoms with van der Waals surface area (Å²) >= 11 is 1.46. The Morgan fingerprint density at radius 3 is 2.46 bits per heavy atom. The summed E-state index contributed by atoms with van der Waals surface area (Å²) in [6.45, 7) is 0.359. The maximum absolute atomic E-state index is 12.9. The van der Waals surface area contributed by atoms with Gasteiger partial charge in [0.05, 0.1) is 4.88 Å². The smallest absolute Gasteiger partial charge is 0.387 e. The number of hydrogen-bond donors (Lipinski definition) is 1. The summed E-state index contributed by atoms with van der Waals surface area (Å²) in [5.41, 5.74) is 2.39. The van der Waals surface area contributed by atoms with Gasteiger partial charge in [-0.25, -0.2) is 0 Å². The van der Waals surface area contributed by atoms with Crippen molar-refractivity contribution in [2.45, 2.75) is 39.5 Å². The number of alkyl halides is 2. The summed E-state index contributed by atoms with van der Waals surface area (Å²) in [5, 5.41) is 3.24. The first-order valence-corrected chi connectivity index (χ1v) is 9.93. The van der Waals surface area contributed by atoms with Crippen molar-refractivity contribution in [3.63, 3.8) is 0 Å². The molecule has 148 valence electrons. The lowest BCUT2D eigenvalue weighted by molar-refractivity contribution is -0.0498. The van der Waals surface area contributed by atoms with Crippen molar-refractivity contribution < 1.29 is 13.5 Å². The molecule has 0 fully saturated rings. The summed E-state index contributed by atoms with van der Waals surface area (Å²) in [6, 6.07) is 16.2. The minimum absolute atomic E-state index is 0.0324. The molecule has 0 saturated heterocycles. The van der Waals surface area contributed by atoms with E-state index < -0.39 is 6.61 Å². The van der Waals surface area contributed by atoms with E-state index in [0.29, 0.717) is 18.8 Å². The van der Waals surface area contributed by atoms with Crippen LogP contribution in [0.1, 0.15) is 25.3 Å². The van der Waals surface area contributed by atoms with Crippen LogP contribution in [0.4, 0.5) is 14.5 Å². The SMILES string of the molecule is CCCCn1sc(-c2ccccc2)c(NCc2ccc(OC(F)F)cc2)c1=O. The fraction of sp³-hybridized carbons (Fsp3) is 0.286. The molecule has 0 atom stereocenters. The molecule has 0 spiro atoms. The molecular formula is C21H22F2N2O2S. The van der Waals surface area contributed by atoms with E-state index in [4.69, 9.17) is 0 Å². The van der Waals surface area contributed by atoms with E-state index in [0.717, 1.165) is 28.8 Å². The first kappa shape index (κ1) is 20.1. The number of aromatic nitrogens is 1. The molecule has 1 N–H and O–H groups in total. The number of halogens is 2. The average Bonchev–Trinajstić information content (AvgIpc) is 3.01. The van der Waals surface area contributed by atoms with E-state index in [9.17, 15) is 13.6 Å². The minimum Gasteiger partial charge on any atom is -0.435 e. The quantitative estimate of drug-likeness (QED) is 0.506. The molecule has 3 aromatic rings. The van der Waals surface area contributed by atoms with E-state index >= 15 is 0 Å². The summed E-state index contributed by atoms with van der Waals surface area (Å²) in [4.78, 5) is 13.8. The number of nitrogens with zero attached hydrogens (tertiary/aromatic N) is 1. The summed E-state index contributed by atoms with van der Waals surface area (Å²) in [7, 11) is 0. The molecule has 0 aliphatic carbocycles. The predicted molar refractivity (Wildman–Crippen MR) is 109 cm³/mol. The molecule has 0 aliphatic rings. The Morgan fingerprint density at radius 2 is 1.82 bits per heavy atom. The van der Waals surface area contributed by atoms with Crippen molar-refractivity contribution in [3.8, 4) is 16.2 Å². The second kappa shape index (κ2) is 9.50. The molecule has 3 rings (SSSR count). The largest absolute Gasteiger partial charge is 0.435 e. The van der Waals surface area contributed by atoms with E-state index in [2.05, 4.69) is 17.0 Å². The van der Waals surface area contributed by atoms with Crippen LogP contribution < -0.4 is 15.6 Å². The number of unbranched alkanes of at least 4 members (excludes halogenated alkanes) is 1. The van der Waals surface area contributed by atoms with Crippen molar-refractivity contribution in [3.05, 3.63) is 70.5 Å². The van der Waals surface area contributed by atoms with E-state index in [1.165, 1.54) is 23.7 Å². The number of ether oxygens (including phenoxy) is 1. The zero-order valence-corrected chi connectivity index (χ0v) is 16.3. The summed E-state index contributed by atoms with van der Waals surface area (Å²) in [5.74, 6) is 0.112. The van der Waals surface area contributed by atoms with Crippen LogP contribution in [0, 0.1) is 0 Å². The molecule has 4 nitrogen and oxygen atoms in total. The van der Waals surface area contributed by atoms with Crippen molar-refractivity contribution in [1.29, 1.82) is 0 Å². The Labute approximate surface area is 166 Å². The molecule has 0 aliphatic heterocycles. The lowest BCUT2D eigenvalue weighted by Crippen LogP contribution is -2.17. The van der Waals surface area contributed by atoms with Crippen LogP contribution in [0.3, 0.4) is 0 Å². The van der Waals surface area contributed by atoms with Crippen LogP contribution in [0.15, 0.2) is 59.4 Å². The van der Waals surface area contributed by atoms with E-state index in [1.54, 1.807) is 16.1 Å². The van der Waals surface area contributed by atoms with Crippen LogP contribution in [0.25, 0.3) is 10.4 Å². The third-order valence-electron chi connectivity index (χ3n) is 4.24. The molecule has 1 heterocycles. The van der Waals surface area contributed by atoms with Crippen molar-refractivity contribution in [2.24, 2.45) is 0 Å². The highest BCUT2D eigenvalue weighted by Gasteiger charge is 2.16. The van der Waals surface area contributed by atoms with Gasteiger partial charge in [0.2, 0.25) is 0 Å². The monoisotopic (exact) mass is 404 g/mol. The molecule has 0 radical (unpaired) electrons. The maximum Gasteiger partial charge on any atom is 0.387 e. The van der Waals surface area contributed by atoms with Crippen LogP contribution in [0.2, 0.25) is 0 Å². The lowest BCUT2D eigenvalue weighted by atomic mass is 10.1. The number of benzene rings is 2. The molecular weight excluding hydrogens is 382 g/mol. The van der Waals surface area contributed by atoms with Crippen LogP contribution in [-0.4, -0.2) is 10.6 Å². The second-order valence-electron chi connectivity index (χ2n) is 6.30. The topological polar surface area (TPSA) is 43.3 Å². The average molecular weight is 404 g/mol. The molecule has 0 amide bonds. The van der Waals surface area contributed by atoms with Crippen LogP contribution in [-0.2, 0) is 13.1 Å². The van der Waals surface area contributed by atoms with Crippen molar-refractivity contribution in [1.82, 2.24) is 3.96 Å².